The highest BCUT2D eigenvalue weighted by Crippen LogP contribution is 2.43. The van der Waals surface area contributed by atoms with Crippen molar-refractivity contribution in [2.75, 3.05) is 26.4 Å². The summed E-state index contributed by atoms with van der Waals surface area (Å²) in [6, 6.07) is 0. The summed E-state index contributed by atoms with van der Waals surface area (Å²) in [6.45, 7) is 4.18. The molecule has 0 aromatic rings. The second-order valence-electron chi connectivity index (χ2n) is 20.4. The van der Waals surface area contributed by atoms with Crippen LogP contribution in [0.5, 0.6) is 0 Å². The Hall–Kier alpha value is -5.16. The first-order chi connectivity index (χ1) is 41.2. The predicted molar refractivity (Wildman–Crippen MR) is 352 cm³/mol. The van der Waals surface area contributed by atoms with Crippen LogP contribution < -0.4 is 0 Å². The lowest BCUT2D eigenvalue weighted by atomic mass is 10.1. The van der Waals surface area contributed by atoms with E-state index >= 15 is 0 Å². The van der Waals surface area contributed by atoms with E-state index in [2.05, 4.69) is 179 Å². The Labute approximate surface area is 510 Å². The highest BCUT2D eigenvalue weighted by molar-refractivity contribution is 7.47. The summed E-state index contributed by atoms with van der Waals surface area (Å²) in [5.41, 5.74) is 0. The molecule has 12 heteroatoms. The normalized spacial score (nSPS) is 14.4. The Balaban J connectivity index is 4.86. The molecule has 472 valence electrons. The Bertz CT molecular complexity index is 2060. The highest BCUT2D eigenvalue weighted by Gasteiger charge is 2.28. The Kier molecular flexibility index (Phi) is 59.9. The molecule has 0 aromatic heterocycles. The van der Waals surface area contributed by atoms with E-state index in [-0.39, 0.29) is 25.9 Å². The maximum Gasteiger partial charge on any atom is 0.472 e. The Morgan fingerprint density at radius 1 is 0.333 bits per heavy atom. The van der Waals surface area contributed by atoms with E-state index in [1.807, 2.05) is 12.2 Å². The molecule has 0 bridgehead atoms. The van der Waals surface area contributed by atoms with Crippen molar-refractivity contribution in [1.29, 1.82) is 0 Å². The van der Waals surface area contributed by atoms with E-state index in [1.165, 1.54) is 0 Å². The zero-order chi connectivity index (χ0) is 61.2. The van der Waals surface area contributed by atoms with Crippen LogP contribution in [0, 0.1) is 0 Å². The van der Waals surface area contributed by atoms with Crippen molar-refractivity contribution in [2.45, 2.75) is 238 Å². The first-order valence-electron chi connectivity index (χ1n) is 32.0. The minimum absolute atomic E-state index is 0.0279. The highest BCUT2D eigenvalue weighted by atomic mass is 31.2. The summed E-state index contributed by atoms with van der Waals surface area (Å²) in [4.78, 5) is 48.8. The minimum Gasteiger partial charge on any atom is -0.462 e. The molecule has 0 heterocycles. The van der Waals surface area contributed by atoms with Gasteiger partial charge in [-0.1, -0.05) is 242 Å². The van der Waals surface area contributed by atoms with Gasteiger partial charge >= 0.3 is 25.7 Å². The van der Waals surface area contributed by atoms with Crippen molar-refractivity contribution in [1.82, 2.24) is 0 Å². The third-order valence-corrected chi connectivity index (χ3v) is 13.6. The molecule has 11 nitrogen and oxygen atoms in total. The molecule has 0 rings (SSSR count). The minimum atomic E-state index is -4.80. The topological polar surface area (TPSA) is 155 Å². The molecule has 3 unspecified atom stereocenters. The second-order valence-corrected chi connectivity index (χ2v) is 21.9. The lowest BCUT2D eigenvalue weighted by Crippen LogP contribution is -2.30. The molecule has 0 radical (unpaired) electrons. The Morgan fingerprint density at radius 3 is 0.964 bits per heavy atom. The van der Waals surface area contributed by atoms with Gasteiger partial charge in [-0.3, -0.25) is 23.4 Å². The molecule has 84 heavy (non-hydrogen) atoms. The summed E-state index contributed by atoms with van der Waals surface area (Å²) in [6.07, 6.45) is 86.0. The second kappa shape index (κ2) is 63.9. The van der Waals surface area contributed by atoms with Crippen molar-refractivity contribution >= 4 is 25.7 Å². The fourth-order valence-electron chi connectivity index (χ4n) is 7.89. The van der Waals surface area contributed by atoms with Gasteiger partial charge in [-0.05, 0) is 135 Å². The van der Waals surface area contributed by atoms with Gasteiger partial charge in [0.25, 0.3) is 0 Å². The van der Waals surface area contributed by atoms with E-state index in [9.17, 15) is 28.9 Å². The van der Waals surface area contributed by atoms with E-state index < -0.39 is 57.8 Å². The molecular formula is C72H113O11P. The number of aliphatic hydroxyl groups excluding tert-OH is 1. The summed E-state index contributed by atoms with van der Waals surface area (Å²) in [5.74, 6) is -1.62. The number of aliphatic hydroxyl groups is 1. The number of hydrogen-bond acceptors (Lipinski definition) is 10. The zero-order valence-electron chi connectivity index (χ0n) is 52.3. The molecule has 3 atom stereocenters. The van der Waals surface area contributed by atoms with Gasteiger partial charge in [0.1, 0.15) is 12.7 Å². The van der Waals surface area contributed by atoms with Crippen molar-refractivity contribution < 1.29 is 52.2 Å². The molecule has 0 saturated heterocycles. The van der Waals surface area contributed by atoms with Crippen molar-refractivity contribution in [3.05, 3.63) is 170 Å². The number of phosphoric ester groups is 1. The van der Waals surface area contributed by atoms with Crippen molar-refractivity contribution in [3.8, 4) is 0 Å². The van der Waals surface area contributed by atoms with Gasteiger partial charge in [0, 0.05) is 19.3 Å². The maximum absolute atomic E-state index is 13.0. The molecule has 2 N–H and O–H groups in total. The number of rotatable bonds is 57. The standard InChI is InChI=1S/C72H113O11P/c1-4-7-10-13-16-19-22-25-28-31-34-37-40-43-46-49-52-55-58-61-70(74)79-65-69(83-72(76)63-60-57-54-51-48-45-42-39-36-33-30-27-24-21-18-15-12-9-6-3)67-81-84(77,78)80-66-68(64-73)82-71(75)62-59-56-53-50-47-44-41-38-35-32-29-26-23-20-17-14-11-8-5-2/h7-12,16-21,25-30,34-39,45,48,54,57,68-69,73H,4-6,13-15,22-24,31-33,40-44,46-47,49-53,55-56,58-67H2,1-3H3,(H,77,78)/b10-7-,11-8-,12-9-,19-16-,20-17-,21-18-,28-25-,29-26-,30-27-,37-34-,38-35-,39-36-,48-45-,57-54-. The average Bonchev–Trinajstić information content (AvgIpc) is 3.53. The maximum atomic E-state index is 13.0. The van der Waals surface area contributed by atoms with Gasteiger partial charge in [0.15, 0.2) is 6.10 Å². The molecule has 0 aliphatic heterocycles. The van der Waals surface area contributed by atoms with Crippen LogP contribution in [-0.2, 0) is 42.2 Å². The van der Waals surface area contributed by atoms with Gasteiger partial charge in [-0.25, -0.2) is 4.57 Å². The van der Waals surface area contributed by atoms with E-state index in [0.29, 0.717) is 25.7 Å². The molecule has 0 spiro atoms. The van der Waals surface area contributed by atoms with Crippen LogP contribution in [0.1, 0.15) is 226 Å². The van der Waals surface area contributed by atoms with E-state index in [1.54, 1.807) is 0 Å². The van der Waals surface area contributed by atoms with Crippen LogP contribution in [0.2, 0.25) is 0 Å². The lowest BCUT2D eigenvalue weighted by molar-refractivity contribution is -0.161. The quantitative estimate of drug-likeness (QED) is 0.0197. The first kappa shape index (κ1) is 78.8. The summed E-state index contributed by atoms with van der Waals surface area (Å²) in [7, 11) is -4.80. The Morgan fingerprint density at radius 2 is 0.607 bits per heavy atom. The SMILES string of the molecule is CC/C=C\C/C=C\C/C=C\C/C=C\C/C=C\C/C=C\CCC(=O)OC(COC(=O)CCCCCCCC/C=C\C/C=C\C/C=C\C/C=C\CC)COP(=O)(O)OCC(CO)OC(=O)CCCCCCCC/C=C\C/C=C\C/C=C\C/C=C\CC. The van der Waals surface area contributed by atoms with E-state index in [4.69, 9.17) is 23.3 Å². The molecule has 0 fully saturated rings. The number of esters is 3. The van der Waals surface area contributed by atoms with Gasteiger partial charge in [0.2, 0.25) is 0 Å². The number of carbonyl (C=O) groups is 3. The average molecular weight is 1190 g/mol. The van der Waals surface area contributed by atoms with Gasteiger partial charge in [-0.15, -0.1) is 0 Å². The van der Waals surface area contributed by atoms with Crippen LogP contribution in [0.4, 0.5) is 0 Å². The zero-order valence-corrected chi connectivity index (χ0v) is 53.2. The van der Waals surface area contributed by atoms with Crippen molar-refractivity contribution in [2.24, 2.45) is 0 Å². The number of ether oxygens (including phenoxy) is 3. The van der Waals surface area contributed by atoms with Crippen LogP contribution in [0.25, 0.3) is 0 Å². The lowest BCUT2D eigenvalue weighted by Gasteiger charge is -2.21. The third-order valence-electron chi connectivity index (χ3n) is 12.6. The fraction of sp³-hybridized carbons (Fsp3) is 0.569. The summed E-state index contributed by atoms with van der Waals surface area (Å²) in [5, 5.41) is 9.86. The van der Waals surface area contributed by atoms with Gasteiger partial charge in [0.05, 0.1) is 19.8 Å². The monoisotopic (exact) mass is 1180 g/mol. The van der Waals surface area contributed by atoms with Crippen LogP contribution >= 0.6 is 7.82 Å². The van der Waals surface area contributed by atoms with Crippen LogP contribution in [0.15, 0.2) is 170 Å². The van der Waals surface area contributed by atoms with Gasteiger partial charge in [-0.2, -0.15) is 0 Å². The number of allylic oxidation sites excluding steroid dienone is 28. The number of phosphoric acid groups is 1. The largest absolute Gasteiger partial charge is 0.472 e. The summed E-state index contributed by atoms with van der Waals surface area (Å²) >= 11 is 0. The molecule has 0 aliphatic rings. The number of unbranched alkanes of at least 4 members (excludes halogenated alkanes) is 12. The molecular weight excluding hydrogens is 1070 g/mol. The smallest absolute Gasteiger partial charge is 0.462 e. The molecule has 0 aromatic carbocycles. The number of hydrogen-bond donors (Lipinski definition) is 2. The molecule has 0 amide bonds. The molecule has 0 aliphatic carbocycles. The third kappa shape index (κ3) is 61.4. The number of carbonyl (C=O) groups excluding carboxylic acids is 3. The van der Waals surface area contributed by atoms with Crippen molar-refractivity contribution in [3.63, 3.8) is 0 Å². The summed E-state index contributed by atoms with van der Waals surface area (Å²) < 4.78 is 39.6. The predicted octanol–water partition coefficient (Wildman–Crippen LogP) is 19.8. The fourth-order valence-corrected chi connectivity index (χ4v) is 8.68. The molecule has 0 saturated carbocycles. The van der Waals surface area contributed by atoms with E-state index in [0.717, 1.165) is 161 Å². The first-order valence-corrected chi connectivity index (χ1v) is 33.5. The van der Waals surface area contributed by atoms with Crippen LogP contribution in [-0.4, -0.2) is 66.5 Å². The van der Waals surface area contributed by atoms with Gasteiger partial charge < -0.3 is 24.2 Å². The van der Waals surface area contributed by atoms with Crippen LogP contribution in [0.3, 0.4) is 0 Å².